The van der Waals surface area contributed by atoms with E-state index in [0.29, 0.717) is 39.0 Å². The van der Waals surface area contributed by atoms with Crippen LogP contribution >= 0.6 is 0 Å². The van der Waals surface area contributed by atoms with Gasteiger partial charge in [0, 0.05) is 44.4 Å². The van der Waals surface area contributed by atoms with Crippen LogP contribution in [0.2, 0.25) is 0 Å². The summed E-state index contributed by atoms with van der Waals surface area (Å²) in [7, 11) is 0. The molecule has 2 aromatic rings. The fourth-order valence-corrected chi connectivity index (χ4v) is 3.19. The lowest BCUT2D eigenvalue weighted by Gasteiger charge is -2.34. The molecule has 0 spiro atoms. The van der Waals surface area contributed by atoms with Crippen LogP contribution in [0.3, 0.4) is 0 Å². The van der Waals surface area contributed by atoms with Crippen LogP contribution < -0.4 is 11.1 Å². The summed E-state index contributed by atoms with van der Waals surface area (Å²) in [6.45, 7) is 1.91. The molecule has 3 rings (SSSR count). The van der Waals surface area contributed by atoms with Crippen molar-refractivity contribution in [2.75, 3.05) is 19.8 Å². The summed E-state index contributed by atoms with van der Waals surface area (Å²) in [5.41, 5.74) is 5.99. The van der Waals surface area contributed by atoms with Crippen LogP contribution in [0.1, 0.15) is 19.3 Å². The minimum absolute atomic E-state index is 0.0695. The Morgan fingerprint density at radius 1 is 1.21 bits per heavy atom. The predicted octanol–water partition coefficient (Wildman–Crippen LogP) is 1.43. The molecule has 6 heteroatoms. The molecule has 2 amide bonds. The normalized spacial score (nSPS) is 16.8. The van der Waals surface area contributed by atoms with Crippen LogP contribution in [0.5, 0.6) is 0 Å². The van der Waals surface area contributed by atoms with Crippen molar-refractivity contribution in [3.05, 3.63) is 36.5 Å². The summed E-state index contributed by atoms with van der Waals surface area (Å²) in [4.78, 5) is 24.0. The molecule has 128 valence electrons. The number of rotatable bonds is 6. The Labute approximate surface area is 141 Å². The number of primary amides is 1. The Kier molecular flexibility index (Phi) is 4.85. The Hall–Kier alpha value is -2.34. The number of carbonyl (C=O) groups excluding carboxylic acids is 2. The molecule has 0 radical (unpaired) electrons. The van der Waals surface area contributed by atoms with Crippen LogP contribution in [0.15, 0.2) is 36.5 Å². The molecule has 2 heterocycles. The van der Waals surface area contributed by atoms with Crippen molar-refractivity contribution in [2.45, 2.75) is 25.8 Å². The molecule has 1 aromatic heterocycles. The number of hydrogen-bond acceptors (Lipinski definition) is 3. The SMILES string of the molecule is NC(=O)C1(CNC(=O)CCn2ccc3ccccc32)CCOCC1. The summed E-state index contributed by atoms with van der Waals surface area (Å²) in [6, 6.07) is 10.1. The first-order valence-corrected chi connectivity index (χ1v) is 8.29. The van der Waals surface area contributed by atoms with Crippen molar-refractivity contribution in [1.29, 1.82) is 0 Å². The highest BCUT2D eigenvalue weighted by atomic mass is 16.5. The van der Waals surface area contributed by atoms with Gasteiger partial charge in [-0.2, -0.15) is 0 Å². The standard InChI is InChI=1S/C18H23N3O3/c19-17(23)18(7-11-24-12-8-18)13-20-16(22)6-10-21-9-5-14-3-1-2-4-15(14)21/h1-5,9H,6-8,10-13H2,(H2,19,23)(H,20,22). The van der Waals surface area contributed by atoms with Crippen molar-refractivity contribution < 1.29 is 14.3 Å². The molecule has 0 bridgehead atoms. The maximum Gasteiger partial charge on any atom is 0.225 e. The fraction of sp³-hybridized carbons (Fsp3) is 0.444. The van der Waals surface area contributed by atoms with Gasteiger partial charge < -0.3 is 20.4 Å². The van der Waals surface area contributed by atoms with Crippen molar-refractivity contribution in [3.8, 4) is 0 Å². The molecule has 0 aliphatic carbocycles. The lowest BCUT2D eigenvalue weighted by molar-refractivity contribution is -0.134. The van der Waals surface area contributed by atoms with Gasteiger partial charge in [-0.15, -0.1) is 0 Å². The number of amides is 2. The second-order valence-electron chi connectivity index (χ2n) is 6.35. The van der Waals surface area contributed by atoms with E-state index in [2.05, 4.69) is 9.88 Å². The Bertz CT molecular complexity index is 732. The van der Waals surface area contributed by atoms with Crippen molar-refractivity contribution in [2.24, 2.45) is 11.1 Å². The topological polar surface area (TPSA) is 86.4 Å². The number of para-hydroxylation sites is 1. The van der Waals surface area contributed by atoms with E-state index in [9.17, 15) is 9.59 Å². The Morgan fingerprint density at radius 3 is 2.71 bits per heavy atom. The van der Waals surface area contributed by atoms with Crippen molar-refractivity contribution in [1.82, 2.24) is 9.88 Å². The van der Waals surface area contributed by atoms with Crippen LogP contribution in [0.25, 0.3) is 10.9 Å². The van der Waals surface area contributed by atoms with Gasteiger partial charge in [-0.1, -0.05) is 18.2 Å². The van der Waals surface area contributed by atoms with Crippen molar-refractivity contribution in [3.63, 3.8) is 0 Å². The largest absolute Gasteiger partial charge is 0.381 e. The number of nitrogens with zero attached hydrogens (tertiary/aromatic N) is 1. The minimum Gasteiger partial charge on any atom is -0.381 e. The molecule has 1 saturated heterocycles. The molecule has 0 saturated carbocycles. The smallest absolute Gasteiger partial charge is 0.225 e. The second-order valence-corrected chi connectivity index (χ2v) is 6.35. The number of nitrogens with two attached hydrogens (primary N) is 1. The first kappa shape index (κ1) is 16.5. The van der Waals surface area contributed by atoms with E-state index in [1.54, 1.807) is 0 Å². The zero-order valence-electron chi connectivity index (χ0n) is 13.7. The molecule has 1 aromatic carbocycles. The zero-order valence-corrected chi connectivity index (χ0v) is 13.7. The van der Waals surface area contributed by atoms with E-state index in [1.165, 1.54) is 0 Å². The van der Waals surface area contributed by atoms with Gasteiger partial charge in [-0.3, -0.25) is 9.59 Å². The number of aromatic nitrogens is 1. The molecular weight excluding hydrogens is 306 g/mol. The van der Waals surface area contributed by atoms with Crippen LogP contribution in [-0.4, -0.2) is 36.1 Å². The molecule has 1 aliphatic heterocycles. The third-order valence-electron chi connectivity index (χ3n) is 4.86. The highest BCUT2D eigenvalue weighted by molar-refractivity contribution is 5.83. The molecule has 1 aliphatic rings. The number of carbonyl (C=O) groups is 2. The average molecular weight is 329 g/mol. The molecular formula is C18H23N3O3. The first-order chi connectivity index (χ1) is 11.6. The third kappa shape index (κ3) is 3.43. The molecule has 1 fully saturated rings. The van der Waals surface area contributed by atoms with Crippen LogP contribution in [0, 0.1) is 5.41 Å². The van der Waals surface area contributed by atoms with Gasteiger partial charge >= 0.3 is 0 Å². The fourth-order valence-electron chi connectivity index (χ4n) is 3.19. The predicted molar refractivity (Wildman–Crippen MR) is 91.2 cm³/mol. The summed E-state index contributed by atoms with van der Waals surface area (Å²) in [5.74, 6) is -0.428. The summed E-state index contributed by atoms with van der Waals surface area (Å²) >= 11 is 0. The van der Waals surface area contributed by atoms with Crippen molar-refractivity contribution >= 4 is 22.7 Å². The number of nitrogens with one attached hydrogen (secondary N) is 1. The quantitative estimate of drug-likeness (QED) is 0.840. The molecule has 6 nitrogen and oxygen atoms in total. The lowest BCUT2D eigenvalue weighted by atomic mass is 9.79. The van der Waals surface area contributed by atoms with E-state index < -0.39 is 5.41 Å². The van der Waals surface area contributed by atoms with Gasteiger partial charge in [-0.25, -0.2) is 0 Å². The zero-order chi connectivity index (χ0) is 17.0. The van der Waals surface area contributed by atoms with E-state index >= 15 is 0 Å². The maximum absolute atomic E-state index is 12.2. The number of hydrogen-bond donors (Lipinski definition) is 2. The van der Waals surface area contributed by atoms with E-state index in [0.717, 1.165) is 10.9 Å². The van der Waals surface area contributed by atoms with Gasteiger partial charge in [0.05, 0.1) is 5.41 Å². The average Bonchev–Trinajstić information content (AvgIpc) is 3.02. The number of aryl methyl sites for hydroxylation is 1. The Balaban J connectivity index is 1.55. The van der Waals surface area contributed by atoms with E-state index in [1.807, 2.05) is 36.5 Å². The molecule has 0 atom stereocenters. The first-order valence-electron chi connectivity index (χ1n) is 8.29. The Morgan fingerprint density at radius 2 is 1.96 bits per heavy atom. The molecule has 3 N–H and O–H groups in total. The summed E-state index contributed by atoms with van der Waals surface area (Å²) < 4.78 is 7.36. The number of ether oxygens (including phenoxy) is 1. The van der Waals surface area contributed by atoms with Gasteiger partial charge in [0.25, 0.3) is 0 Å². The van der Waals surface area contributed by atoms with Gasteiger partial charge in [-0.05, 0) is 30.4 Å². The highest BCUT2D eigenvalue weighted by Crippen LogP contribution is 2.29. The molecule has 0 unspecified atom stereocenters. The van der Waals surface area contributed by atoms with Crippen LogP contribution in [0.4, 0.5) is 0 Å². The lowest BCUT2D eigenvalue weighted by Crippen LogP contribution is -2.49. The van der Waals surface area contributed by atoms with Gasteiger partial charge in [0.1, 0.15) is 0 Å². The van der Waals surface area contributed by atoms with Gasteiger partial charge in [0.2, 0.25) is 11.8 Å². The highest BCUT2D eigenvalue weighted by Gasteiger charge is 2.38. The third-order valence-corrected chi connectivity index (χ3v) is 4.86. The van der Waals surface area contributed by atoms with E-state index in [-0.39, 0.29) is 18.4 Å². The monoisotopic (exact) mass is 329 g/mol. The van der Waals surface area contributed by atoms with E-state index in [4.69, 9.17) is 10.5 Å². The van der Waals surface area contributed by atoms with Gasteiger partial charge in [0.15, 0.2) is 0 Å². The minimum atomic E-state index is -0.673. The number of fused-ring (bicyclic) bond motifs is 1. The molecule has 24 heavy (non-hydrogen) atoms. The summed E-state index contributed by atoms with van der Waals surface area (Å²) in [5, 5.41) is 4.04. The maximum atomic E-state index is 12.2. The summed E-state index contributed by atoms with van der Waals surface area (Å²) in [6.07, 6.45) is 3.47. The van der Waals surface area contributed by atoms with Crippen LogP contribution in [-0.2, 0) is 20.9 Å². The number of benzene rings is 1. The second kappa shape index (κ2) is 7.05.